The van der Waals surface area contributed by atoms with E-state index in [4.69, 9.17) is 10.00 Å². The molecule has 0 radical (unpaired) electrons. The number of anilines is 1. The second kappa shape index (κ2) is 3.67. The molecule has 16 heavy (non-hydrogen) atoms. The molecule has 1 heterocycles. The van der Waals surface area contributed by atoms with Crippen molar-refractivity contribution in [3.05, 3.63) is 24.0 Å². The molecule has 1 aromatic carbocycles. The van der Waals surface area contributed by atoms with Gasteiger partial charge in [-0.15, -0.1) is 0 Å². The lowest BCUT2D eigenvalue weighted by molar-refractivity contribution is 0.106. The summed E-state index contributed by atoms with van der Waals surface area (Å²) in [5, 5.41) is 8.76. The highest BCUT2D eigenvalue weighted by Gasteiger charge is 2.31. The van der Waals surface area contributed by atoms with E-state index in [1.165, 1.54) is 12.1 Å². The highest BCUT2D eigenvalue weighted by molar-refractivity contribution is 5.61. The quantitative estimate of drug-likeness (QED) is 0.681. The Morgan fingerprint density at radius 1 is 1.56 bits per heavy atom. The van der Waals surface area contributed by atoms with Gasteiger partial charge in [0.15, 0.2) is 0 Å². The van der Waals surface area contributed by atoms with Gasteiger partial charge in [0.2, 0.25) is 0 Å². The maximum atomic E-state index is 13.1. The molecule has 0 fully saturated rings. The van der Waals surface area contributed by atoms with E-state index in [2.05, 4.69) is 6.07 Å². The van der Waals surface area contributed by atoms with E-state index < -0.39 is 0 Å². The first-order valence-corrected chi connectivity index (χ1v) is 5.12. The molecule has 4 heteroatoms. The molecule has 2 rings (SSSR count). The first-order chi connectivity index (χ1) is 7.52. The van der Waals surface area contributed by atoms with Crippen LogP contribution in [0.1, 0.15) is 13.8 Å². The Morgan fingerprint density at radius 2 is 2.31 bits per heavy atom. The van der Waals surface area contributed by atoms with Gasteiger partial charge in [-0.3, -0.25) is 0 Å². The van der Waals surface area contributed by atoms with Crippen molar-refractivity contribution < 1.29 is 9.13 Å². The lowest BCUT2D eigenvalue weighted by Crippen LogP contribution is -2.47. The zero-order valence-corrected chi connectivity index (χ0v) is 9.33. The number of ether oxygens (including phenoxy) is 1. The molecule has 0 aromatic heterocycles. The van der Waals surface area contributed by atoms with Gasteiger partial charge < -0.3 is 9.64 Å². The zero-order chi connectivity index (χ0) is 11.8. The van der Waals surface area contributed by atoms with Gasteiger partial charge >= 0.3 is 0 Å². The summed E-state index contributed by atoms with van der Waals surface area (Å²) in [6.07, 6.45) is 0. The highest BCUT2D eigenvalue weighted by Crippen LogP contribution is 2.36. The maximum Gasteiger partial charge on any atom is 0.143 e. The summed E-state index contributed by atoms with van der Waals surface area (Å²) in [5.41, 5.74) is 0.294. The third-order valence-corrected chi connectivity index (χ3v) is 2.48. The van der Waals surface area contributed by atoms with Gasteiger partial charge in [-0.1, -0.05) is 0 Å². The number of nitriles is 1. The summed E-state index contributed by atoms with van der Waals surface area (Å²) < 4.78 is 18.9. The third kappa shape index (κ3) is 1.94. The van der Waals surface area contributed by atoms with Crippen LogP contribution in [0, 0.1) is 17.1 Å². The van der Waals surface area contributed by atoms with Gasteiger partial charge in [0.1, 0.15) is 23.7 Å². The van der Waals surface area contributed by atoms with Gasteiger partial charge in [-0.2, -0.15) is 5.26 Å². The fourth-order valence-electron chi connectivity index (χ4n) is 1.93. The van der Waals surface area contributed by atoms with Crippen LogP contribution in [0.15, 0.2) is 18.2 Å². The first-order valence-electron chi connectivity index (χ1n) is 5.12. The van der Waals surface area contributed by atoms with Crippen molar-refractivity contribution in [2.45, 2.75) is 19.4 Å². The fraction of sp³-hybridized carbons (Fsp3) is 0.417. The van der Waals surface area contributed by atoms with E-state index in [-0.39, 0.29) is 18.0 Å². The number of hydrogen-bond acceptors (Lipinski definition) is 3. The largest absolute Gasteiger partial charge is 0.484 e. The zero-order valence-electron chi connectivity index (χ0n) is 9.33. The summed E-state index contributed by atoms with van der Waals surface area (Å²) in [5.74, 6) is 0.317. The summed E-state index contributed by atoms with van der Waals surface area (Å²) in [6, 6.07) is 6.46. The van der Waals surface area contributed by atoms with Crippen LogP contribution in [-0.4, -0.2) is 18.7 Å². The predicted molar refractivity (Wildman–Crippen MR) is 58.9 cm³/mol. The summed E-state index contributed by atoms with van der Waals surface area (Å²) in [6.45, 7) is 4.72. The topological polar surface area (TPSA) is 36.3 Å². The number of halogens is 1. The van der Waals surface area contributed by atoms with Gasteiger partial charge in [-0.25, -0.2) is 4.39 Å². The molecule has 0 aliphatic carbocycles. The lowest BCUT2D eigenvalue weighted by atomic mass is 10.1. The van der Waals surface area contributed by atoms with E-state index in [9.17, 15) is 4.39 Å². The normalized spacial score (nSPS) is 17.2. The summed E-state index contributed by atoms with van der Waals surface area (Å²) in [4.78, 5) is 1.84. The average Bonchev–Trinajstić information content (AvgIpc) is 2.18. The Balaban J connectivity index is 2.44. The van der Waals surface area contributed by atoms with Crippen molar-refractivity contribution in [3.8, 4) is 11.8 Å². The van der Waals surface area contributed by atoms with E-state index in [1.807, 2.05) is 18.7 Å². The standard InChI is InChI=1S/C12H13FN2O/c1-12(2)8-15(6-5-14)10-7-9(13)3-4-11(10)16-12/h3-4,7H,6,8H2,1-2H3. The molecule has 0 amide bonds. The SMILES string of the molecule is CC1(C)CN(CC#N)c2cc(F)ccc2O1. The number of benzene rings is 1. The van der Waals surface area contributed by atoms with Crippen LogP contribution in [0.4, 0.5) is 10.1 Å². The lowest BCUT2D eigenvalue weighted by Gasteiger charge is -2.39. The molecule has 0 atom stereocenters. The molecule has 3 nitrogen and oxygen atoms in total. The van der Waals surface area contributed by atoms with Gasteiger partial charge in [0.25, 0.3) is 0 Å². The minimum absolute atomic E-state index is 0.239. The fourth-order valence-corrected chi connectivity index (χ4v) is 1.93. The second-order valence-electron chi connectivity index (χ2n) is 4.49. The minimum atomic E-state index is -0.359. The molecule has 0 saturated carbocycles. The van der Waals surface area contributed by atoms with E-state index in [1.54, 1.807) is 6.07 Å². The van der Waals surface area contributed by atoms with Crippen molar-refractivity contribution in [1.29, 1.82) is 5.26 Å². The molecule has 1 aliphatic heterocycles. The van der Waals surface area contributed by atoms with Crippen LogP contribution in [0.3, 0.4) is 0 Å². The maximum absolute atomic E-state index is 13.1. The Kier molecular flexibility index (Phi) is 2.47. The number of hydrogen-bond donors (Lipinski definition) is 0. The Bertz CT molecular complexity index is 451. The van der Waals surface area contributed by atoms with Crippen molar-refractivity contribution in [2.24, 2.45) is 0 Å². The molecule has 0 spiro atoms. The summed E-state index contributed by atoms with van der Waals surface area (Å²) in [7, 11) is 0. The smallest absolute Gasteiger partial charge is 0.143 e. The predicted octanol–water partition coefficient (Wildman–Crippen LogP) is 2.33. The molecule has 1 aliphatic rings. The Labute approximate surface area is 94.0 Å². The molecule has 0 bridgehead atoms. The number of nitrogens with zero attached hydrogens (tertiary/aromatic N) is 2. The molecule has 1 aromatic rings. The molecular formula is C12H13FN2O. The van der Waals surface area contributed by atoms with Gasteiger partial charge in [0.05, 0.1) is 18.3 Å². The van der Waals surface area contributed by atoms with Gasteiger partial charge in [0, 0.05) is 6.07 Å². The Hall–Kier alpha value is -1.76. The van der Waals surface area contributed by atoms with E-state index in [0.717, 1.165) is 0 Å². The van der Waals surface area contributed by atoms with Crippen molar-refractivity contribution >= 4 is 5.69 Å². The highest BCUT2D eigenvalue weighted by atomic mass is 19.1. The molecule has 0 saturated heterocycles. The van der Waals surface area contributed by atoms with Crippen LogP contribution in [-0.2, 0) is 0 Å². The van der Waals surface area contributed by atoms with Crippen LogP contribution in [0.5, 0.6) is 5.75 Å². The molecule has 0 N–H and O–H groups in total. The average molecular weight is 220 g/mol. The van der Waals surface area contributed by atoms with Crippen LogP contribution in [0.2, 0.25) is 0 Å². The Morgan fingerprint density at radius 3 is 3.00 bits per heavy atom. The van der Waals surface area contributed by atoms with Crippen LogP contribution >= 0.6 is 0 Å². The molecule has 84 valence electrons. The van der Waals surface area contributed by atoms with Crippen LogP contribution in [0.25, 0.3) is 0 Å². The van der Waals surface area contributed by atoms with E-state index in [0.29, 0.717) is 18.0 Å². The molecule has 0 unspecified atom stereocenters. The van der Waals surface area contributed by atoms with Crippen molar-refractivity contribution in [3.63, 3.8) is 0 Å². The number of fused-ring (bicyclic) bond motifs is 1. The van der Waals surface area contributed by atoms with Crippen LogP contribution < -0.4 is 9.64 Å². The minimum Gasteiger partial charge on any atom is -0.484 e. The third-order valence-electron chi connectivity index (χ3n) is 2.48. The monoisotopic (exact) mass is 220 g/mol. The van der Waals surface area contributed by atoms with Crippen molar-refractivity contribution in [1.82, 2.24) is 0 Å². The van der Waals surface area contributed by atoms with E-state index >= 15 is 0 Å². The summed E-state index contributed by atoms with van der Waals surface area (Å²) >= 11 is 0. The number of rotatable bonds is 1. The molecular weight excluding hydrogens is 207 g/mol. The second-order valence-corrected chi connectivity index (χ2v) is 4.49. The van der Waals surface area contributed by atoms with Crippen molar-refractivity contribution in [2.75, 3.05) is 18.0 Å². The first kappa shape index (κ1) is 10.7. The van der Waals surface area contributed by atoms with Gasteiger partial charge in [-0.05, 0) is 26.0 Å².